The summed E-state index contributed by atoms with van der Waals surface area (Å²) in [6.07, 6.45) is 11.7. The highest BCUT2D eigenvalue weighted by Gasteiger charge is 2.19. The number of hydrogen-bond acceptors (Lipinski definition) is 6. The van der Waals surface area contributed by atoms with Gasteiger partial charge in [-0.15, -0.1) is 0 Å². The first kappa shape index (κ1) is 28.1. The number of fused-ring (bicyclic) bond motifs is 6. The molecule has 7 aromatic heterocycles. The average molecular weight is 645 g/mol. The predicted molar refractivity (Wildman–Crippen MR) is 200 cm³/mol. The van der Waals surface area contributed by atoms with E-state index in [1.807, 2.05) is 61.1 Å². The highest BCUT2D eigenvalue weighted by atomic mass is 15.1. The molecule has 10 rings (SSSR count). The van der Waals surface area contributed by atoms with Crippen LogP contribution in [0, 0.1) is 0 Å². The first-order valence-corrected chi connectivity index (χ1v) is 16.5. The summed E-state index contributed by atoms with van der Waals surface area (Å²) in [5, 5.41) is 8.10. The van der Waals surface area contributed by atoms with Crippen molar-refractivity contribution in [3.63, 3.8) is 0 Å². The van der Waals surface area contributed by atoms with Gasteiger partial charge in [-0.05, 0) is 90.0 Å². The van der Waals surface area contributed by atoms with Crippen molar-refractivity contribution in [1.29, 1.82) is 0 Å². The Kier molecular flexibility index (Phi) is 6.38. The third-order valence-corrected chi connectivity index (χ3v) is 9.38. The molecule has 1 aliphatic heterocycles. The normalized spacial score (nSPS) is 13.1. The molecule has 9 aromatic rings. The van der Waals surface area contributed by atoms with E-state index in [1.165, 1.54) is 5.39 Å². The molecule has 1 aliphatic rings. The van der Waals surface area contributed by atoms with Crippen molar-refractivity contribution in [3.8, 4) is 28.5 Å². The number of para-hydroxylation sites is 2. The summed E-state index contributed by atoms with van der Waals surface area (Å²) in [4.78, 5) is 24.2. The summed E-state index contributed by atoms with van der Waals surface area (Å²) < 4.78 is 4.38. The first-order chi connectivity index (χ1) is 24.8. The van der Waals surface area contributed by atoms with Crippen LogP contribution >= 0.6 is 0 Å². The van der Waals surface area contributed by atoms with Crippen molar-refractivity contribution in [3.05, 3.63) is 158 Å². The van der Waals surface area contributed by atoms with E-state index >= 15 is 0 Å². The minimum atomic E-state index is 0.669. The third kappa shape index (κ3) is 4.50. The van der Waals surface area contributed by atoms with E-state index in [-0.39, 0.29) is 0 Å². The van der Waals surface area contributed by atoms with Gasteiger partial charge in [0.15, 0.2) is 0 Å². The molecule has 8 nitrogen and oxygen atoms in total. The second-order valence-corrected chi connectivity index (χ2v) is 12.3. The van der Waals surface area contributed by atoms with E-state index < -0.39 is 0 Å². The van der Waals surface area contributed by atoms with Crippen molar-refractivity contribution in [2.45, 2.75) is 0 Å². The Balaban J connectivity index is 1.10. The Morgan fingerprint density at radius 3 is 1.90 bits per heavy atom. The van der Waals surface area contributed by atoms with Crippen LogP contribution in [0.2, 0.25) is 0 Å². The summed E-state index contributed by atoms with van der Waals surface area (Å²) >= 11 is 0. The summed E-state index contributed by atoms with van der Waals surface area (Å²) in [5.41, 5.74) is 10.5. The van der Waals surface area contributed by atoms with Crippen LogP contribution in [-0.2, 0) is 0 Å². The second-order valence-electron chi connectivity index (χ2n) is 12.3. The van der Waals surface area contributed by atoms with Crippen molar-refractivity contribution in [1.82, 2.24) is 39.4 Å². The molecule has 0 atom stereocenters. The lowest BCUT2D eigenvalue weighted by Crippen LogP contribution is -2.18. The highest BCUT2D eigenvalue weighted by molar-refractivity contribution is 6.09. The van der Waals surface area contributed by atoms with Crippen molar-refractivity contribution < 1.29 is 0 Å². The van der Waals surface area contributed by atoms with Gasteiger partial charge >= 0.3 is 0 Å². The van der Waals surface area contributed by atoms with Gasteiger partial charge in [0, 0.05) is 63.8 Å². The van der Waals surface area contributed by atoms with Crippen molar-refractivity contribution in [2.75, 3.05) is 6.54 Å². The van der Waals surface area contributed by atoms with E-state index in [9.17, 15) is 0 Å². The smallest absolute Gasteiger partial charge is 0.146 e. The Bertz CT molecular complexity index is 2700. The lowest BCUT2D eigenvalue weighted by atomic mass is 10.00. The number of nitrogens with zero attached hydrogens (tertiary/aromatic N) is 7. The summed E-state index contributed by atoms with van der Waals surface area (Å²) in [6.45, 7) is 0.669. The zero-order valence-corrected chi connectivity index (χ0v) is 26.8. The Hall–Kier alpha value is -6.93. The maximum atomic E-state index is 5.11. The largest absolute Gasteiger partial charge is 0.385 e. The van der Waals surface area contributed by atoms with E-state index in [1.54, 1.807) is 6.20 Å². The van der Waals surface area contributed by atoms with Gasteiger partial charge in [0.2, 0.25) is 0 Å². The topological polar surface area (TPSA) is 86.3 Å². The van der Waals surface area contributed by atoms with Gasteiger partial charge in [0.25, 0.3) is 0 Å². The number of benzene rings is 2. The second kappa shape index (κ2) is 11.4. The van der Waals surface area contributed by atoms with Gasteiger partial charge in [0.1, 0.15) is 17.1 Å². The third-order valence-electron chi connectivity index (χ3n) is 9.38. The number of hydrogen-bond donors (Lipinski definition) is 1. The Morgan fingerprint density at radius 2 is 1.18 bits per heavy atom. The van der Waals surface area contributed by atoms with Gasteiger partial charge in [-0.3, -0.25) is 14.1 Å². The van der Waals surface area contributed by atoms with Crippen LogP contribution in [0.5, 0.6) is 0 Å². The van der Waals surface area contributed by atoms with Gasteiger partial charge in [0.05, 0.1) is 34.7 Å². The van der Waals surface area contributed by atoms with Crippen LogP contribution in [0.25, 0.3) is 83.6 Å². The number of aromatic nitrogens is 7. The molecule has 2 aromatic carbocycles. The number of dihydropyridines is 1. The molecular weight excluding hydrogens is 617 g/mol. The molecule has 0 fully saturated rings. The number of pyridine rings is 5. The molecule has 0 aliphatic carbocycles. The zero-order valence-electron chi connectivity index (χ0n) is 26.8. The standard InChI is InChI=1S/C42H28N8/c1-3-14-38-31(9-1)33-11-7-19-45-41(33)49(38)30-21-29(24-43-26-30)28-22-36(48-37(23-28)35-13-5-6-18-44-35)27-16-17-40(47-25-27)50-39-15-4-2-10-32(39)34-12-8-20-46-42(34)50/h1-25,43H,26H2. The average Bonchev–Trinajstić information content (AvgIpc) is 3.71. The summed E-state index contributed by atoms with van der Waals surface area (Å²) in [7, 11) is 0. The van der Waals surface area contributed by atoms with Crippen LogP contribution in [0.15, 0.2) is 152 Å². The van der Waals surface area contributed by atoms with Crippen LogP contribution in [-0.4, -0.2) is 40.6 Å². The van der Waals surface area contributed by atoms with Crippen LogP contribution < -0.4 is 5.32 Å². The van der Waals surface area contributed by atoms with E-state index in [2.05, 4.69) is 105 Å². The molecule has 0 saturated carbocycles. The molecule has 0 radical (unpaired) electrons. The first-order valence-electron chi connectivity index (χ1n) is 16.5. The fourth-order valence-corrected chi connectivity index (χ4v) is 7.12. The quantitative estimate of drug-likeness (QED) is 0.202. The van der Waals surface area contributed by atoms with E-state index in [4.69, 9.17) is 19.9 Å². The van der Waals surface area contributed by atoms with E-state index in [0.29, 0.717) is 6.54 Å². The van der Waals surface area contributed by atoms with Gasteiger partial charge < -0.3 is 5.32 Å². The molecule has 8 heteroatoms. The van der Waals surface area contributed by atoms with Crippen molar-refractivity contribution >= 4 is 55.1 Å². The molecule has 236 valence electrons. The molecule has 0 saturated heterocycles. The Labute approximate surface area is 286 Å². The molecule has 0 unspecified atom stereocenters. The molecule has 0 amide bonds. The minimum Gasteiger partial charge on any atom is -0.385 e. The van der Waals surface area contributed by atoms with Crippen LogP contribution in [0.4, 0.5) is 0 Å². The summed E-state index contributed by atoms with van der Waals surface area (Å²) in [5.74, 6) is 0.798. The summed E-state index contributed by atoms with van der Waals surface area (Å²) in [6, 6.07) is 39.3. The number of nitrogens with one attached hydrogen (secondary N) is 1. The molecule has 8 heterocycles. The molecule has 0 bridgehead atoms. The van der Waals surface area contributed by atoms with Crippen LogP contribution in [0.3, 0.4) is 0 Å². The predicted octanol–water partition coefficient (Wildman–Crippen LogP) is 8.69. The number of rotatable bonds is 5. The fourth-order valence-electron chi connectivity index (χ4n) is 7.12. The molecule has 0 spiro atoms. The fraction of sp³-hybridized carbons (Fsp3) is 0.0238. The molecule has 50 heavy (non-hydrogen) atoms. The Morgan fingerprint density at radius 1 is 0.520 bits per heavy atom. The molecular formula is C42H28N8. The highest BCUT2D eigenvalue weighted by Crippen LogP contribution is 2.35. The maximum Gasteiger partial charge on any atom is 0.146 e. The lowest BCUT2D eigenvalue weighted by Gasteiger charge is -2.19. The van der Waals surface area contributed by atoms with Crippen molar-refractivity contribution in [2.24, 2.45) is 0 Å². The zero-order chi connectivity index (χ0) is 33.0. The van der Waals surface area contributed by atoms with E-state index in [0.717, 1.165) is 83.8 Å². The lowest BCUT2D eigenvalue weighted by molar-refractivity contribution is 0.938. The SMILES string of the molecule is C1=C(c2cc(-c3ccc(-n4c5ccccc5c5cccnc54)nc3)nc(-c3ccccn3)c2)C=C(n2c3ccccc3c3cccnc32)CN1. The van der Waals surface area contributed by atoms with Gasteiger partial charge in [-0.1, -0.05) is 42.5 Å². The van der Waals surface area contributed by atoms with Crippen LogP contribution in [0.1, 0.15) is 5.56 Å². The van der Waals surface area contributed by atoms with Gasteiger partial charge in [-0.25, -0.2) is 19.9 Å². The molecule has 1 N–H and O–H groups in total. The monoisotopic (exact) mass is 644 g/mol. The number of allylic oxidation sites excluding steroid dienone is 2. The van der Waals surface area contributed by atoms with Gasteiger partial charge in [-0.2, -0.15) is 0 Å². The minimum absolute atomic E-state index is 0.669. The maximum absolute atomic E-state index is 5.11.